The van der Waals surface area contributed by atoms with E-state index in [1.165, 1.54) is 0 Å². The van der Waals surface area contributed by atoms with Crippen LogP contribution >= 0.6 is 12.0 Å². The molecule has 52 valence electrons. The van der Waals surface area contributed by atoms with Crippen molar-refractivity contribution in [2.75, 3.05) is 0 Å². The van der Waals surface area contributed by atoms with Crippen molar-refractivity contribution in [3.63, 3.8) is 0 Å². The molecule has 0 aromatic heterocycles. The number of hydrogen-bond acceptors (Lipinski definition) is 2. The summed E-state index contributed by atoms with van der Waals surface area (Å²) in [5.41, 5.74) is 0.968. The Morgan fingerprint density at radius 1 is 1.40 bits per heavy atom. The Hall–Kier alpha value is -0.730. The summed E-state index contributed by atoms with van der Waals surface area (Å²) in [5, 5.41) is 0. The lowest BCUT2D eigenvalue weighted by molar-refractivity contribution is 0.663. The molecule has 0 heterocycles. The monoisotopic (exact) mass is 152 g/mol. The fourth-order valence-corrected chi connectivity index (χ4v) is 1.13. The Morgan fingerprint density at radius 3 is 2.60 bits per heavy atom. The van der Waals surface area contributed by atoms with Gasteiger partial charge in [-0.2, -0.15) is 0 Å². The van der Waals surface area contributed by atoms with Gasteiger partial charge in [-0.15, -0.1) is 0 Å². The van der Waals surface area contributed by atoms with Crippen molar-refractivity contribution in [1.29, 1.82) is 0 Å². The summed E-state index contributed by atoms with van der Waals surface area (Å²) in [7, 11) is 0. The van der Waals surface area contributed by atoms with Gasteiger partial charge in [0.15, 0.2) is 0 Å². The minimum atomic E-state index is 0.749. The molecule has 0 atom stereocenters. The van der Waals surface area contributed by atoms with Gasteiger partial charge in [0, 0.05) is 16.9 Å². The highest BCUT2D eigenvalue weighted by Crippen LogP contribution is 2.19. The van der Waals surface area contributed by atoms with Crippen molar-refractivity contribution in [2.24, 2.45) is 0 Å². The third-order valence-corrected chi connectivity index (χ3v) is 1.81. The quantitative estimate of drug-likeness (QED) is 0.657. The molecule has 10 heavy (non-hydrogen) atoms. The first kappa shape index (κ1) is 7.38. The normalized spacial score (nSPS) is 9.30. The van der Waals surface area contributed by atoms with E-state index in [1.807, 2.05) is 24.3 Å². The average molecular weight is 152 g/mol. The second kappa shape index (κ2) is 3.44. The molecule has 0 aliphatic heterocycles. The Kier molecular flexibility index (Phi) is 2.54. The Morgan fingerprint density at radius 2 is 2.10 bits per heavy atom. The lowest BCUT2D eigenvalue weighted by Crippen LogP contribution is -1.75. The van der Waals surface area contributed by atoms with E-state index in [9.17, 15) is 0 Å². The third kappa shape index (κ3) is 1.40. The largest absolute Gasteiger partial charge is 0.325 e. The van der Waals surface area contributed by atoms with Crippen molar-refractivity contribution in [3.05, 3.63) is 36.4 Å². The molecule has 1 aromatic rings. The number of rotatable bonds is 2. The molecule has 0 amide bonds. The van der Waals surface area contributed by atoms with Crippen LogP contribution in [-0.4, -0.2) is 4.55 Å². The Labute approximate surface area is 64.6 Å². The predicted octanol–water partition coefficient (Wildman–Crippen LogP) is 2.89. The molecule has 1 N–H and O–H groups in total. The van der Waals surface area contributed by atoms with Crippen LogP contribution in [0.1, 0.15) is 5.56 Å². The fraction of sp³-hybridized carbons (Fsp3) is 0. The van der Waals surface area contributed by atoms with Crippen LogP contribution in [0.25, 0.3) is 6.08 Å². The number of hydrogen-bond donors (Lipinski definition) is 1. The molecule has 0 saturated carbocycles. The predicted molar refractivity (Wildman–Crippen MR) is 45.0 cm³/mol. The molecule has 0 saturated heterocycles. The van der Waals surface area contributed by atoms with Crippen molar-refractivity contribution < 1.29 is 4.55 Å². The van der Waals surface area contributed by atoms with Gasteiger partial charge in [0.2, 0.25) is 0 Å². The maximum Gasteiger partial charge on any atom is 0.0422 e. The van der Waals surface area contributed by atoms with Gasteiger partial charge in [0.25, 0.3) is 0 Å². The first-order chi connectivity index (χ1) is 4.88. The molecule has 0 radical (unpaired) electrons. The molecule has 0 bridgehead atoms. The molecule has 0 aliphatic carbocycles. The molecule has 0 unspecified atom stereocenters. The van der Waals surface area contributed by atoms with Gasteiger partial charge in [-0.05, 0) is 11.6 Å². The van der Waals surface area contributed by atoms with E-state index in [2.05, 4.69) is 6.58 Å². The average Bonchev–Trinajstić information content (AvgIpc) is 2.04. The van der Waals surface area contributed by atoms with E-state index in [0.29, 0.717) is 0 Å². The smallest absolute Gasteiger partial charge is 0.0422 e. The highest BCUT2D eigenvalue weighted by atomic mass is 32.2. The SMILES string of the molecule is C=Cc1ccccc1SO. The van der Waals surface area contributed by atoms with Crippen LogP contribution in [0.2, 0.25) is 0 Å². The molecule has 1 nitrogen and oxygen atoms in total. The maximum absolute atomic E-state index is 8.72. The van der Waals surface area contributed by atoms with Crippen LogP contribution in [0.5, 0.6) is 0 Å². The Bertz CT molecular complexity index is 232. The summed E-state index contributed by atoms with van der Waals surface area (Å²) >= 11 is 0.749. The van der Waals surface area contributed by atoms with E-state index in [-0.39, 0.29) is 0 Å². The number of benzene rings is 1. The molecular formula is C8H8OS. The van der Waals surface area contributed by atoms with Crippen LogP contribution in [-0.2, 0) is 0 Å². The summed E-state index contributed by atoms with van der Waals surface area (Å²) in [6.45, 7) is 3.62. The first-order valence-corrected chi connectivity index (χ1v) is 3.68. The molecule has 2 heteroatoms. The molecule has 1 aromatic carbocycles. The summed E-state index contributed by atoms with van der Waals surface area (Å²) in [4.78, 5) is 0.845. The van der Waals surface area contributed by atoms with Crippen LogP contribution in [0.15, 0.2) is 35.7 Å². The second-order valence-electron chi connectivity index (χ2n) is 1.83. The van der Waals surface area contributed by atoms with Gasteiger partial charge in [-0.25, -0.2) is 0 Å². The lowest BCUT2D eigenvalue weighted by atomic mass is 10.2. The van der Waals surface area contributed by atoms with Gasteiger partial charge in [-0.3, -0.25) is 0 Å². The zero-order chi connectivity index (χ0) is 7.40. The highest BCUT2D eigenvalue weighted by molar-refractivity contribution is 7.93. The zero-order valence-corrected chi connectivity index (χ0v) is 6.27. The van der Waals surface area contributed by atoms with E-state index in [1.54, 1.807) is 6.08 Å². The standard InChI is InChI=1S/C8H8OS/c1-2-7-5-3-4-6-8(7)10-9/h2-6,9H,1H2. The topological polar surface area (TPSA) is 20.2 Å². The van der Waals surface area contributed by atoms with Crippen LogP contribution in [0, 0.1) is 0 Å². The zero-order valence-electron chi connectivity index (χ0n) is 5.45. The minimum Gasteiger partial charge on any atom is -0.325 e. The molecule has 0 fully saturated rings. The van der Waals surface area contributed by atoms with Crippen molar-refractivity contribution in [2.45, 2.75) is 4.90 Å². The van der Waals surface area contributed by atoms with Crippen molar-refractivity contribution in [3.8, 4) is 0 Å². The van der Waals surface area contributed by atoms with E-state index >= 15 is 0 Å². The Balaban J connectivity index is 3.08. The maximum atomic E-state index is 8.72. The van der Waals surface area contributed by atoms with Crippen LogP contribution in [0.4, 0.5) is 0 Å². The van der Waals surface area contributed by atoms with Gasteiger partial charge < -0.3 is 4.55 Å². The molecule has 0 aliphatic rings. The highest BCUT2D eigenvalue weighted by Gasteiger charge is 1.94. The van der Waals surface area contributed by atoms with E-state index < -0.39 is 0 Å². The summed E-state index contributed by atoms with van der Waals surface area (Å²) in [6.07, 6.45) is 1.72. The summed E-state index contributed by atoms with van der Waals surface area (Å²) < 4.78 is 8.72. The van der Waals surface area contributed by atoms with Gasteiger partial charge >= 0.3 is 0 Å². The second-order valence-corrected chi connectivity index (χ2v) is 2.46. The van der Waals surface area contributed by atoms with Gasteiger partial charge in [0.05, 0.1) is 0 Å². The van der Waals surface area contributed by atoms with Gasteiger partial charge in [0.1, 0.15) is 0 Å². The summed E-state index contributed by atoms with van der Waals surface area (Å²) in [5.74, 6) is 0. The molecular weight excluding hydrogens is 144 g/mol. The van der Waals surface area contributed by atoms with Gasteiger partial charge in [-0.1, -0.05) is 30.9 Å². The van der Waals surface area contributed by atoms with Crippen LogP contribution in [0.3, 0.4) is 0 Å². The first-order valence-electron chi connectivity index (χ1n) is 2.91. The molecule has 0 spiro atoms. The summed E-state index contributed by atoms with van der Waals surface area (Å²) in [6, 6.07) is 7.55. The van der Waals surface area contributed by atoms with Crippen molar-refractivity contribution >= 4 is 18.1 Å². The fourth-order valence-electron chi connectivity index (χ4n) is 0.732. The van der Waals surface area contributed by atoms with Crippen LogP contribution < -0.4 is 0 Å². The van der Waals surface area contributed by atoms with E-state index in [4.69, 9.17) is 4.55 Å². The van der Waals surface area contributed by atoms with Crippen molar-refractivity contribution in [1.82, 2.24) is 0 Å². The van der Waals surface area contributed by atoms with E-state index in [0.717, 1.165) is 22.5 Å². The molecule has 1 rings (SSSR count). The lowest BCUT2D eigenvalue weighted by Gasteiger charge is -1.97. The third-order valence-electron chi connectivity index (χ3n) is 1.24. The minimum absolute atomic E-state index is 0.749.